The zero-order valence-electron chi connectivity index (χ0n) is 14.0. The van der Waals surface area contributed by atoms with Crippen molar-refractivity contribution in [1.29, 1.82) is 0 Å². The van der Waals surface area contributed by atoms with Gasteiger partial charge in [0.1, 0.15) is 5.75 Å². The number of benzene rings is 3. The molecule has 0 aliphatic carbocycles. The Morgan fingerprint density at radius 3 is 2.15 bits per heavy atom. The van der Waals surface area contributed by atoms with Gasteiger partial charge in [-0.3, -0.25) is 4.79 Å². The number of allylic oxidation sites excluding steroid dienone is 1. The first-order valence-corrected chi connectivity index (χ1v) is 8.18. The Kier molecular flexibility index (Phi) is 5.58. The van der Waals surface area contributed by atoms with Gasteiger partial charge in [-0.15, -0.1) is 0 Å². The molecule has 26 heavy (non-hydrogen) atoms. The Balaban J connectivity index is 1.86. The summed E-state index contributed by atoms with van der Waals surface area (Å²) < 4.78 is 0. The number of hydrogen-bond donors (Lipinski definition) is 2. The van der Waals surface area contributed by atoms with Crippen molar-refractivity contribution in [1.82, 2.24) is 5.43 Å². The van der Waals surface area contributed by atoms with Crippen LogP contribution >= 0.6 is 0 Å². The Labute approximate surface area is 152 Å². The molecule has 4 nitrogen and oxygen atoms in total. The molecular weight excluding hydrogens is 324 g/mol. The number of para-hydroxylation sites is 1. The zero-order valence-corrected chi connectivity index (χ0v) is 14.0. The lowest BCUT2D eigenvalue weighted by Crippen LogP contribution is -2.19. The van der Waals surface area contributed by atoms with Crippen molar-refractivity contribution in [2.24, 2.45) is 5.10 Å². The number of aromatic hydroxyl groups is 1. The van der Waals surface area contributed by atoms with Crippen LogP contribution in [0.3, 0.4) is 0 Å². The molecule has 3 aromatic carbocycles. The third kappa shape index (κ3) is 4.45. The number of nitrogens with one attached hydrogen (secondary N) is 1. The van der Waals surface area contributed by atoms with E-state index in [-0.39, 0.29) is 11.3 Å². The summed E-state index contributed by atoms with van der Waals surface area (Å²) in [6, 6.07) is 25.8. The minimum atomic E-state index is -0.468. The Hall–Kier alpha value is -3.66. The van der Waals surface area contributed by atoms with Gasteiger partial charge in [0.15, 0.2) is 0 Å². The number of phenols is 1. The van der Waals surface area contributed by atoms with E-state index in [1.54, 1.807) is 18.2 Å². The van der Waals surface area contributed by atoms with Gasteiger partial charge in [0.2, 0.25) is 0 Å². The largest absolute Gasteiger partial charge is 0.507 e. The number of amides is 1. The molecule has 0 fully saturated rings. The fraction of sp³-hybridized carbons (Fsp3) is 0. The monoisotopic (exact) mass is 342 g/mol. The van der Waals surface area contributed by atoms with E-state index in [9.17, 15) is 9.90 Å². The van der Waals surface area contributed by atoms with Crippen molar-refractivity contribution in [2.75, 3.05) is 0 Å². The average Bonchev–Trinajstić information content (AvgIpc) is 2.69. The number of hydrazone groups is 1. The van der Waals surface area contributed by atoms with Gasteiger partial charge in [0.05, 0.1) is 11.3 Å². The molecule has 0 bridgehead atoms. The van der Waals surface area contributed by atoms with Crippen LogP contribution in [0.15, 0.2) is 96.1 Å². The van der Waals surface area contributed by atoms with Crippen LogP contribution in [-0.4, -0.2) is 16.7 Å². The molecule has 3 aromatic rings. The Bertz CT molecular complexity index is 933. The van der Waals surface area contributed by atoms with E-state index < -0.39 is 5.91 Å². The predicted octanol–water partition coefficient (Wildman–Crippen LogP) is 4.24. The van der Waals surface area contributed by atoms with E-state index in [1.165, 1.54) is 6.07 Å². The molecular formula is C22H18N2O2. The maximum Gasteiger partial charge on any atom is 0.275 e. The number of nitrogens with zero attached hydrogens (tertiary/aromatic N) is 1. The second-order valence-electron chi connectivity index (χ2n) is 5.57. The van der Waals surface area contributed by atoms with Gasteiger partial charge in [-0.25, -0.2) is 5.43 Å². The summed E-state index contributed by atoms with van der Waals surface area (Å²) >= 11 is 0. The maximum atomic E-state index is 12.3. The lowest BCUT2D eigenvalue weighted by Gasteiger charge is -2.05. The SMILES string of the molecule is O=C(NN=C(C=Cc1ccccc1)c1ccccc1)c1ccccc1O. The molecule has 0 saturated carbocycles. The highest BCUT2D eigenvalue weighted by molar-refractivity contribution is 6.11. The van der Waals surface area contributed by atoms with Crippen LogP contribution in [0, 0.1) is 0 Å². The van der Waals surface area contributed by atoms with Crippen LogP contribution in [0.2, 0.25) is 0 Å². The number of carbonyl (C=O) groups is 1. The van der Waals surface area contributed by atoms with Crippen molar-refractivity contribution in [2.45, 2.75) is 0 Å². The van der Waals surface area contributed by atoms with Gasteiger partial charge in [-0.2, -0.15) is 5.10 Å². The smallest absolute Gasteiger partial charge is 0.275 e. The van der Waals surface area contributed by atoms with Crippen LogP contribution in [-0.2, 0) is 0 Å². The molecule has 0 saturated heterocycles. The molecule has 0 spiro atoms. The van der Waals surface area contributed by atoms with E-state index >= 15 is 0 Å². The number of rotatable bonds is 5. The van der Waals surface area contributed by atoms with Crippen LogP contribution in [0.1, 0.15) is 21.5 Å². The standard InChI is InChI=1S/C22H18N2O2/c25-21-14-8-7-13-19(21)22(26)24-23-20(18-11-5-2-6-12-18)16-15-17-9-3-1-4-10-17/h1-16,25H,(H,24,26). The van der Waals surface area contributed by atoms with Gasteiger partial charge in [0.25, 0.3) is 5.91 Å². The highest BCUT2D eigenvalue weighted by Gasteiger charge is 2.09. The van der Waals surface area contributed by atoms with Crippen molar-refractivity contribution < 1.29 is 9.90 Å². The van der Waals surface area contributed by atoms with Crippen LogP contribution in [0.25, 0.3) is 6.08 Å². The summed E-state index contributed by atoms with van der Waals surface area (Å²) in [4.78, 5) is 12.3. The Morgan fingerprint density at radius 1 is 0.846 bits per heavy atom. The minimum Gasteiger partial charge on any atom is -0.507 e. The first kappa shape index (κ1) is 17.2. The van der Waals surface area contributed by atoms with Crippen molar-refractivity contribution in [3.05, 3.63) is 108 Å². The van der Waals surface area contributed by atoms with E-state index in [0.717, 1.165) is 11.1 Å². The number of hydrogen-bond acceptors (Lipinski definition) is 3. The lowest BCUT2D eigenvalue weighted by molar-refractivity contribution is 0.0952. The average molecular weight is 342 g/mol. The molecule has 0 heterocycles. The van der Waals surface area contributed by atoms with Gasteiger partial charge in [-0.1, -0.05) is 78.9 Å². The molecule has 0 aliphatic rings. The lowest BCUT2D eigenvalue weighted by atomic mass is 10.1. The highest BCUT2D eigenvalue weighted by atomic mass is 16.3. The first-order chi connectivity index (χ1) is 12.7. The van der Waals surface area contributed by atoms with Gasteiger partial charge >= 0.3 is 0 Å². The molecule has 4 heteroatoms. The summed E-state index contributed by atoms with van der Waals surface area (Å²) in [5.74, 6) is -0.550. The second-order valence-corrected chi connectivity index (χ2v) is 5.57. The third-order valence-corrected chi connectivity index (χ3v) is 3.73. The third-order valence-electron chi connectivity index (χ3n) is 3.73. The summed E-state index contributed by atoms with van der Waals surface area (Å²) in [5.41, 5.74) is 5.20. The second kappa shape index (κ2) is 8.44. The molecule has 0 radical (unpaired) electrons. The molecule has 0 unspecified atom stereocenters. The van der Waals surface area contributed by atoms with E-state index in [4.69, 9.17) is 0 Å². The predicted molar refractivity (Wildman–Crippen MR) is 104 cm³/mol. The molecule has 1 amide bonds. The van der Waals surface area contributed by atoms with Gasteiger partial charge in [-0.05, 0) is 23.8 Å². The van der Waals surface area contributed by atoms with Gasteiger partial charge in [0, 0.05) is 5.56 Å². The summed E-state index contributed by atoms with van der Waals surface area (Å²) in [7, 11) is 0. The number of phenolic OH excluding ortho intramolecular Hbond substituents is 1. The molecule has 0 atom stereocenters. The minimum absolute atomic E-state index is 0.0821. The molecule has 128 valence electrons. The first-order valence-electron chi connectivity index (χ1n) is 8.18. The van der Waals surface area contributed by atoms with E-state index in [2.05, 4.69) is 10.5 Å². The normalized spacial score (nSPS) is 11.5. The van der Waals surface area contributed by atoms with Crippen LogP contribution in [0.5, 0.6) is 5.75 Å². The van der Waals surface area contributed by atoms with Crippen molar-refractivity contribution >= 4 is 17.7 Å². The molecule has 3 rings (SSSR count). The Morgan fingerprint density at radius 2 is 1.46 bits per heavy atom. The van der Waals surface area contributed by atoms with Crippen LogP contribution in [0.4, 0.5) is 0 Å². The van der Waals surface area contributed by atoms with Crippen molar-refractivity contribution in [3.63, 3.8) is 0 Å². The summed E-state index contributed by atoms with van der Waals surface area (Å²) in [6.45, 7) is 0. The maximum absolute atomic E-state index is 12.3. The quantitative estimate of drug-likeness (QED) is 0.538. The molecule has 2 N–H and O–H groups in total. The van der Waals surface area contributed by atoms with Gasteiger partial charge < -0.3 is 5.11 Å². The fourth-order valence-corrected chi connectivity index (χ4v) is 2.38. The van der Waals surface area contributed by atoms with Crippen LogP contribution < -0.4 is 5.43 Å². The summed E-state index contributed by atoms with van der Waals surface area (Å²) in [6.07, 6.45) is 3.77. The molecule has 0 aliphatic heterocycles. The molecule has 0 aromatic heterocycles. The van der Waals surface area contributed by atoms with E-state index in [1.807, 2.05) is 72.8 Å². The van der Waals surface area contributed by atoms with Crippen molar-refractivity contribution in [3.8, 4) is 5.75 Å². The fourth-order valence-electron chi connectivity index (χ4n) is 2.38. The van der Waals surface area contributed by atoms with E-state index in [0.29, 0.717) is 5.71 Å². The zero-order chi connectivity index (χ0) is 18.2. The highest BCUT2D eigenvalue weighted by Crippen LogP contribution is 2.15. The topological polar surface area (TPSA) is 61.7 Å². The summed E-state index contributed by atoms with van der Waals surface area (Å²) in [5, 5.41) is 14.0. The number of carbonyl (C=O) groups excluding carboxylic acids is 1.